The van der Waals surface area contributed by atoms with E-state index in [0.29, 0.717) is 19.7 Å². The second-order valence-corrected chi connectivity index (χ2v) is 5.56. The number of hydrogen-bond donors (Lipinski definition) is 2. The fraction of sp³-hybridized carbons (Fsp3) is 0.500. The van der Waals surface area contributed by atoms with Crippen LogP contribution in [-0.4, -0.2) is 67.1 Å². The number of carbonyl (C=O) groups is 2. The van der Waals surface area contributed by atoms with Crippen molar-refractivity contribution in [3.63, 3.8) is 0 Å². The van der Waals surface area contributed by atoms with E-state index in [1.165, 1.54) is 0 Å². The number of nitrogens with zero attached hydrogens (tertiary/aromatic N) is 2. The molecule has 1 aliphatic rings. The zero-order valence-electron chi connectivity index (χ0n) is 13.4. The summed E-state index contributed by atoms with van der Waals surface area (Å²) < 4.78 is 5.68. The highest BCUT2D eigenvalue weighted by atomic mass is 16.5. The molecule has 3 amide bonds. The van der Waals surface area contributed by atoms with Gasteiger partial charge >= 0.3 is 6.03 Å². The van der Waals surface area contributed by atoms with Crippen LogP contribution in [0.4, 0.5) is 4.79 Å². The van der Waals surface area contributed by atoms with Crippen molar-refractivity contribution in [1.82, 2.24) is 15.1 Å². The SMILES string of the molecule is C[C@H](NC(N)=O)C(=O)N1CCN(CCOc2ccccc2)CC1. The lowest BCUT2D eigenvalue weighted by Crippen LogP contribution is -2.55. The van der Waals surface area contributed by atoms with Gasteiger partial charge in [0, 0.05) is 32.7 Å². The normalized spacial score (nSPS) is 16.7. The smallest absolute Gasteiger partial charge is 0.312 e. The number of piperazine rings is 1. The molecule has 0 unspecified atom stereocenters. The summed E-state index contributed by atoms with van der Waals surface area (Å²) in [6, 6.07) is 8.45. The molecule has 2 rings (SSSR count). The summed E-state index contributed by atoms with van der Waals surface area (Å²) in [4.78, 5) is 27.0. The van der Waals surface area contributed by atoms with Crippen molar-refractivity contribution in [3.05, 3.63) is 30.3 Å². The summed E-state index contributed by atoms with van der Waals surface area (Å²) in [5.41, 5.74) is 5.04. The molecule has 0 radical (unpaired) electrons. The quantitative estimate of drug-likeness (QED) is 0.787. The molecule has 0 aromatic heterocycles. The first-order chi connectivity index (χ1) is 11.1. The first kappa shape index (κ1) is 17.1. The largest absolute Gasteiger partial charge is 0.492 e. The molecule has 1 aliphatic heterocycles. The first-order valence-corrected chi connectivity index (χ1v) is 7.81. The Hall–Kier alpha value is -2.28. The number of ether oxygens (including phenoxy) is 1. The second kappa shape index (κ2) is 8.38. The average molecular weight is 320 g/mol. The molecule has 0 spiro atoms. The summed E-state index contributed by atoms with van der Waals surface area (Å²) in [5.74, 6) is 0.775. The van der Waals surface area contributed by atoms with E-state index < -0.39 is 12.1 Å². The highest BCUT2D eigenvalue weighted by molar-refractivity contribution is 5.86. The van der Waals surface area contributed by atoms with Crippen LogP contribution in [-0.2, 0) is 4.79 Å². The van der Waals surface area contributed by atoms with Crippen LogP contribution in [0.5, 0.6) is 5.75 Å². The van der Waals surface area contributed by atoms with Gasteiger partial charge in [0.05, 0.1) is 0 Å². The van der Waals surface area contributed by atoms with Gasteiger partial charge in [-0.25, -0.2) is 4.79 Å². The topological polar surface area (TPSA) is 87.9 Å². The molecule has 126 valence electrons. The predicted molar refractivity (Wildman–Crippen MR) is 87.1 cm³/mol. The molecule has 0 saturated carbocycles. The Morgan fingerprint density at radius 1 is 1.22 bits per heavy atom. The summed E-state index contributed by atoms with van der Waals surface area (Å²) in [5, 5.41) is 2.42. The molecule has 3 N–H and O–H groups in total. The van der Waals surface area contributed by atoms with E-state index in [-0.39, 0.29) is 5.91 Å². The van der Waals surface area contributed by atoms with Gasteiger partial charge in [-0.05, 0) is 19.1 Å². The van der Waals surface area contributed by atoms with E-state index in [1.807, 2.05) is 30.3 Å². The Bertz CT molecular complexity index is 515. The Labute approximate surface area is 136 Å². The molecule has 1 aromatic carbocycles. The van der Waals surface area contributed by atoms with E-state index in [2.05, 4.69) is 10.2 Å². The Balaban J connectivity index is 1.67. The number of rotatable bonds is 6. The molecule has 1 saturated heterocycles. The molecule has 7 heteroatoms. The minimum Gasteiger partial charge on any atom is -0.492 e. The maximum absolute atomic E-state index is 12.2. The van der Waals surface area contributed by atoms with E-state index in [9.17, 15) is 9.59 Å². The zero-order chi connectivity index (χ0) is 16.7. The van der Waals surface area contributed by atoms with E-state index in [1.54, 1.807) is 11.8 Å². The fourth-order valence-corrected chi connectivity index (χ4v) is 2.55. The first-order valence-electron chi connectivity index (χ1n) is 7.81. The number of urea groups is 1. The average Bonchev–Trinajstić information content (AvgIpc) is 2.55. The molecule has 7 nitrogen and oxygen atoms in total. The van der Waals surface area contributed by atoms with Crippen molar-refractivity contribution in [2.75, 3.05) is 39.3 Å². The van der Waals surface area contributed by atoms with Gasteiger partial charge in [0.15, 0.2) is 0 Å². The number of primary amides is 1. The minimum absolute atomic E-state index is 0.0935. The summed E-state index contributed by atoms with van der Waals surface area (Å²) in [7, 11) is 0. The minimum atomic E-state index is -0.678. The molecule has 1 atom stereocenters. The van der Waals surface area contributed by atoms with Crippen molar-refractivity contribution < 1.29 is 14.3 Å². The molecule has 1 heterocycles. The standard InChI is InChI=1S/C16H24N4O3/c1-13(18-16(17)22)15(21)20-9-7-19(8-10-20)11-12-23-14-5-3-2-4-6-14/h2-6,13H,7-12H2,1H3,(H3,17,18,22)/t13-/m0/s1. The summed E-state index contributed by atoms with van der Waals surface area (Å²) in [6.45, 7) is 5.99. The number of benzene rings is 1. The number of amides is 3. The Kier molecular flexibility index (Phi) is 6.22. The van der Waals surface area contributed by atoms with Crippen molar-refractivity contribution in [3.8, 4) is 5.75 Å². The highest BCUT2D eigenvalue weighted by Crippen LogP contribution is 2.09. The van der Waals surface area contributed by atoms with Crippen molar-refractivity contribution in [1.29, 1.82) is 0 Å². The Morgan fingerprint density at radius 3 is 2.48 bits per heavy atom. The van der Waals surface area contributed by atoms with E-state index in [0.717, 1.165) is 25.4 Å². The summed E-state index contributed by atoms with van der Waals surface area (Å²) >= 11 is 0. The lowest BCUT2D eigenvalue weighted by atomic mass is 10.2. The van der Waals surface area contributed by atoms with Gasteiger partial charge in [-0.1, -0.05) is 18.2 Å². The third kappa shape index (κ3) is 5.45. The molecule has 1 fully saturated rings. The third-order valence-corrected chi connectivity index (χ3v) is 3.83. The van der Waals surface area contributed by atoms with Crippen LogP contribution in [0, 0.1) is 0 Å². The van der Waals surface area contributed by atoms with Crippen LogP contribution in [0.25, 0.3) is 0 Å². The number of hydrogen-bond acceptors (Lipinski definition) is 4. The lowest BCUT2D eigenvalue weighted by molar-refractivity contribution is -0.134. The predicted octanol–water partition coefficient (Wildman–Crippen LogP) is 0.266. The number of nitrogens with one attached hydrogen (secondary N) is 1. The molecular weight excluding hydrogens is 296 g/mol. The number of para-hydroxylation sites is 1. The van der Waals surface area contributed by atoms with Gasteiger partial charge in [-0.2, -0.15) is 0 Å². The van der Waals surface area contributed by atoms with E-state index >= 15 is 0 Å². The monoisotopic (exact) mass is 320 g/mol. The molecule has 0 aliphatic carbocycles. The van der Waals surface area contributed by atoms with Gasteiger partial charge < -0.3 is 20.7 Å². The van der Waals surface area contributed by atoms with Crippen LogP contribution in [0.3, 0.4) is 0 Å². The zero-order valence-corrected chi connectivity index (χ0v) is 13.4. The van der Waals surface area contributed by atoms with Crippen molar-refractivity contribution in [2.24, 2.45) is 5.73 Å². The van der Waals surface area contributed by atoms with Crippen molar-refractivity contribution in [2.45, 2.75) is 13.0 Å². The Morgan fingerprint density at radius 2 is 1.87 bits per heavy atom. The van der Waals surface area contributed by atoms with Gasteiger partial charge in [0.25, 0.3) is 0 Å². The van der Waals surface area contributed by atoms with Crippen LogP contribution < -0.4 is 15.8 Å². The lowest BCUT2D eigenvalue weighted by Gasteiger charge is -2.35. The van der Waals surface area contributed by atoms with Crippen LogP contribution in [0.2, 0.25) is 0 Å². The molecule has 1 aromatic rings. The highest BCUT2D eigenvalue weighted by Gasteiger charge is 2.25. The maximum Gasteiger partial charge on any atom is 0.312 e. The number of nitrogens with two attached hydrogens (primary N) is 1. The molecular formula is C16H24N4O3. The van der Waals surface area contributed by atoms with E-state index in [4.69, 9.17) is 10.5 Å². The maximum atomic E-state index is 12.2. The van der Waals surface area contributed by atoms with Crippen molar-refractivity contribution >= 4 is 11.9 Å². The fourth-order valence-electron chi connectivity index (χ4n) is 2.55. The summed E-state index contributed by atoms with van der Waals surface area (Å²) in [6.07, 6.45) is 0. The number of carbonyl (C=O) groups excluding carboxylic acids is 2. The van der Waals surface area contributed by atoms with Gasteiger partial charge in [0.2, 0.25) is 5.91 Å². The van der Waals surface area contributed by atoms with Gasteiger partial charge in [-0.3, -0.25) is 9.69 Å². The van der Waals surface area contributed by atoms with Crippen LogP contribution >= 0.6 is 0 Å². The van der Waals surface area contributed by atoms with Gasteiger partial charge in [0.1, 0.15) is 18.4 Å². The third-order valence-electron chi connectivity index (χ3n) is 3.83. The van der Waals surface area contributed by atoms with Crippen LogP contribution in [0.15, 0.2) is 30.3 Å². The van der Waals surface area contributed by atoms with Crippen LogP contribution in [0.1, 0.15) is 6.92 Å². The van der Waals surface area contributed by atoms with Gasteiger partial charge in [-0.15, -0.1) is 0 Å². The molecule has 0 bridgehead atoms. The second-order valence-electron chi connectivity index (χ2n) is 5.56. The molecule has 23 heavy (non-hydrogen) atoms.